The zero-order valence-electron chi connectivity index (χ0n) is 21.3. The van der Waals surface area contributed by atoms with E-state index in [2.05, 4.69) is 11.0 Å². The van der Waals surface area contributed by atoms with Crippen LogP contribution in [0.3, 0.4) is 0 Å². The summed E-state index contributed by atoms with van der Waals surface area (Å²) in [6.45, 7) is 4.06. The maximum absolute atomic E-state index is 13.4. The van der Waals surface area contributed by atoms with Gasteiger partial charge in [-0.2, -0.15) is 5.26 Å². The fourth-order valence-corrected chi connectivity index (χ4v) is 6.08. The minimum atomic E-state index is -1.06. The molecule has 0 aromatic heterocycles. The number of rotatable bonds is 6. The third kappa shape index (κ3) is 5.46. The molecule has 2 saturated heterocycles. The van der Waals surface area contributed by atoms with Gasteiger partial charge in [0.05, 0.1) is 11.6 Å². The Bertz CT molecular complexity index is 1160. The van der Waals surface area contributed by atoms with Gasteiger partial charge in [-0.05, 0) is 73.5 Å². The largest absolute Gasteiger partial charge is 0.380 e. The molecule has 0 saturated carbocycles. The summed E-state index contributed by atoms with van der Waals surface area (Å²) < 4.78 is 0. The van der Waals surface area contributed by atoms with Crippen molar-refractivity contribution in [2.75, 3.05) is 26.2 Å². The van der Waals surface area contributed by atoms with Gasteiger partial charge in [0.25, 0.3) is 0 Å². The first-order valence-electron chi connectivity index (χ1n) is 13.4. The van der Waals surface area contributed by atoms with Crippen molar-refractivity contribution in [1.29, 1.82) is 5.26 Å². The standard InChI is InChI=1S/C32H35N3O2/c33-23-25-11-13-26(14-12-25)24-34-19-15-27(16-20-34)31(36)35-21-17-30(18-22-35)32(37,28-7-3-1-4-8-28)29-9-5-2-6-10-29/h1-14,27,30,37H,15-22,24H2. The molecular weight excluding hydrogens is 458 g/mol. The van der Waals surface area contributed by atoms with E-state index >= 15 is 0 Å². The van der Waals surface area contributed by atoms with Crippen LogP contribution in [0, 0.1) is 23.2 Å². The summed E-state index contributed by atoms with van der Waals surface area (Å²) in [4.78, 5) is 17.8. The first-order chi connectivity index (χ1) is 18.1. The van der Waals surface area contributed by atoms with Gasteiger partial charge in [0, 0.05) is 25.6 Å². The van der Waals surface area contributed by atoms with Gasteiger partial charge in [0.2, 0.25) is 5.91 Å². The van der Waals surface area contributed by atoms with E-state index in [1.165, 1.54) is 5.56 Å². The molecule has 0 radical (unpaired) electrons. The van der Waals surface area contributed by atoms with Gasteiger partial charge >= 0.3 is 0 Å². The Morgan fingerprint density at radius 3 is 1.86 bits per heavy atom. The predicted molar refractivity (Wildman–Crippen MR) is 144 cm³/mol. The van der Waals surface area contributed by atoms with Gasteiger partial charge in [-0.1, -0.05) is 72.8 Å². The molecule has 0 spiro atoms. The number of piperidine rings is 2. The maximum atomic E-state index is 13.4. The number of aliphatic hydroxyl groups is 1. The lowest BCUT2D eigenvalue weighted by atomic mass is 9.72. The average Bonchev–Trinajstić information content (AvgIpc) is 2.98. The molecule has 1 amide bonds. The molecule has 2 fully saturated rings. The van der Waals surface area contributed by atoms with Crippen LogP contribution in [0.2, 0.25) is 0 Å². The van der Waals surface area contributed by atoms with Crippen molar-refractivity contribution in [3.63, 3.8) is 0 Å². The molecule has 5 heteroatoms. The normalized spacial score (nSPS) is 17.9. The second-order valence-electron chi connectivity index (χ2n) is 10.5. The number of likely N-dealkylation sites (tertiary alicyclic amines) is 2. The highest BCUT2D eigenvalue weighted by Gasteiger charge is 2.42. The SMILES string of the molecule is N#Cc1ccc(CN2CCC(C(=O)N3CCC(C(O)(c4ccccc4)c4ccccc4)CC3)CC2)cc1. The van der Waals surface area contributed by atoms with Crippen LogP contribution in [0.1, 0.15) is 47.9 Å². The van der Waals surface area contributed by atoms with Gasteiger partial charge in [-0.15, -0.1) is 0 Å². The Kier molecular flexibility index (Phi) is 7.69. The number of carbonyl (C=O) groups excluding carboxylic acids is 1. The van der Waals surface area contributed by atoms with E-state index in [-0.39, 0.29) is 17.7 Å². The average molecular weight is 494 g/mol. The number of nitriles is 1. The molecule has 1 N–H and O–H groups in total. The van der Waals surface area contributed by atoms with Gasteiger partial charge in [-0.3, -0.25) is 9.69 Å². The van der Waals surface area contributed by atoms with Crippen LogP contribution in [0.25, 0.3) is 0 Å². The Morgan fingerprint density at radius 2 is 1.35 bits per heavy atom. The van der Waals surface area contributed by atoms with E-state index in [1.54, 1.807) is 0 Å². The molecule has 0 atom stereocenters. The molecule has 2 aliphatic heterocycles. The van der Waals surface area contributed by atoms with E-state index < -0.39 is 5.60 Å². The first kappa shape index (κ1) is 25.2. The molecular formula is C32H35N3O2. The molecule has 2 heterocycles. The quantitative estimate of drug-likeness (QED) is 0.528. The zero-order valence-corrected chi connectivity index (χ0v) is 21.3. The van der Waals surface area contributed by atoms with Gasteiger partial charge in [0.1, 0.15) is 5.60 Å². The summed E-state index contributed by atoms with van der Waals surface area (Å²) in [5, 5.41) is 21.1. The van der Waals surface area contributed by atoms with Crippen molar-refractivity contribution < 1.29 is 9.90 Å². The molecule has 0 unspecified atom stereocenters. The summed E-state index contributed by atoms with van der Waals surface area (Å²) in [6, 6.07) is 29.9. The number of carbonyl (C=O) groups is 1. The van der Waals surface area contributed by atoms with Crippen molar-refractivity contribution in [3.8, 4) is 6.07 Å². The van der Waals surface area contributed by atoms with E-state index in [0.717, 1.165) is 56.4 Å². The topological polar surface area (TPSA) is 67.6 Å². The Hall–Kier alpha value is -3.46. The number of benzene rings is 3. The molecule has 0 bridgehead atoms. The number of nitrogens with zero attached hydrogens (tertiary/aromatic N) is 3. The van der Waals surface area contributed by atoms with Crippen molar-refractivity contribution in [3.05, 3.63) is 107 Å². The van der Waals surface area contributed by atoms with Crippen molar-refractivity contribution >= 4 is 5.91 Å². The second-order valence-corrected chi connectivity index (χ2v) is 10.5. The molecule has 5 rings (SSSR count). The lowest BCUT2D eigenvalue weighted by molar-refractivity contribution is -0.140. The molecule has 3 aromatic rings. The summed E-state index contributed by atoms with van der Waals surface area (Å²) in [5.74, 6) is 0.408. The van der Waals surface area contributed by atoms with Gasteiger partial charge in [-0.25, -0.2) is 0 Å². The Morgan fingerprint density at radius 1 is 0.811 bits per heavy atom. The van der Waals surface area contributed by atoms with Crippen molar-refractivity contribution in [2.45, 2.75) is 37.8 Å². The third-order valence-electron chi connectivity index (χ3n) is 8.25. The minimum absolute atomic E-state index is 0.0515. The van der Waals surface area contributed by atoms with Crippen LogP contribution >= 0.6 is 0 Å². The van der Waals surface area contributed by atoms with Crippen LogP contribution in [-0.2, 0) is 16.9 Å². The van der Waals surface area contributed by atoms with E-state index in [1.807, 2.05) is 89.8 Å². The molecule has 190 valence electrons. The fraction of sp³-hybridized carbons (Fsp3) is 0.375. The minimum Gasteiger partial charge on any atom is -0.380 e. The predicted octanol–water partition coefficient (Wildman–Crippen LogP) is 4.94. The van der Waals surface area contributed by atoms with Gasteiger partial charge in [0.15, 0.2) is 0 Å². The summed E-state index contributed by atoms with van der Waals surface area (Å²) in [5.41, 5.74) is 2.66. The van der Waals surface area contributed by atoms with E-state index in [0.29, 0.717) is 18.7 Å². The lowest BCUT2D eigenvalue weighted by Gasteiger charge is -2.43. The smallest absolute Gasteiger partial charge is 0.225 e. The maximum Gasteiger partial charge on any atom is 0.225 e. The molecule has 2 aliphatic rings. The monoisotopic (exact) mass is 493 g/mol. The Balaban J connectivity index is 1.18. The van der Waals surface area contributed by atoms with Crippen molar-refractivity contribution in [1.82, 2.24) is 9.80 Å². The first-order valence-corrected chi connectivity index (χ1v) is 13.4. The molecule has 37 heavy (non-hydrogen) atoms. The summed E-state index contributed by atoms with van der Waals surface area (Å²) in [7, 11) is 0. The molecule has 0 aliphatic carbocycles. The highest BCUT2D eigenvalue weighted by molar-refractivity contribution is 5.79. The van der Waals surface area contributed by atoms with Crippen LogP contribution < -0.4 is 0 Å². The Labute approximate surface area is 220 Å². The second kappa shape index (κ2) is 11.3. The van der Waals surface area contributed by atoms with Crippen molar-refractivity contribution in [2.24, 2.45) is 11.8 Å². The number of hydrogen-bond donors (Lipinski definition) is 1. The highest BCUT2D eigenvalue weighted by atomic mass is 16.3. The third-order valence-corrected chi connectivity index (χ3v) is 8.25. The number of amides is 1. The lowest BCUT2D eigenvalue weighted by Crippen LogP contribution is -2.48. The molecule has 5 nitrogen and oxygen atoms in total. The van der Waals surface area contributed by atoms with Crippen LogP contribution in [0.4, 0.5) is 0 Å². The van der Waals surface area contributed by atoms with E-state index in [4.69, 9.17) is 5.26 Å². The molecule has 3 aromatic carbocycles. The summed E-state index contributed by atoms with van der Waals surface area (Å²) in [6.07, 6.45) is 3.33. The number of hydrogen-bond acceptors (Lipinski definition) is 4. The zero-order chi connectivity index (χ0) is 25.7. The fourth-order valence-electron chi connectivity index (χ4n) is 6.08. The van der Waals surface area contributed by atoms with Gasteiger partial charge < -0.3 is 10.0 Å². The highest BCUT2D eigenvalue weighted by Crippen LogP contribution is 2.42. The summed E-state index contributed by atoms with van der Waals surface area (Å²) >= 11 is 0. The van der Waals surface area contributed by atoms with E-state index in [9.17, 15) is 9.90 Å². The van der Waals surface area contributed by atoms with Crippen LogP contribution in [-0.4, -0.2) is 47.0 Å². The van der Waals surface area contributed by atoms with Crippen LogP contribution in [0.15, 0.2) is 84.9 Å². The van der Waals surface area contributed by atoms with Crippen LogP contribution in [0.5, 0.6) is 0 Å².